The van der Waals surface area contributed by atoms with Crippen molar-refractivity contribution < 1.29 is 5.11 Å². The number of nitrogens with zero attached hydrogens (tertiary/aromatic N) is 1. The van der Waals surface area contributed by atoms with E-state index in [0.29, 0.717) is 12.8 Å². The van der Waals surface area contributed by atoms with Gasteiger partial charge in [0, 0.05) is 11.8 Å². The van der Waals surface area contributed by atoms with Crippen molar-refractivity contribution in [1.29, 1.82) is 0 Å². The van der Waals surface area contributed by atoms with Crippen LogP contribution < -0.4 is 0 Å². The van der Waals surface area contributed by atoms with E-state index in [1.165, 1.54) is 11.1 Å². The zero-order chi connectivity index (χ0) is 12.3. The number of rotatable bonds is 4. The highest BCUT2D eigenvalue weighted by molar-refractivity contribution is 7.09. The highest BCUT2D eigenvalue weighted by Gasteiger charge is 2.09. The molecule has 0 spiro atoms. The molecule has 0 aliphatic rings. The second-order valence-corrected chi connectivity index (χ2v) is 5.47. The number of aromatic nitrogens is 1. The zero-order valence-corrected chi connectivity index (χ0v) is 11.0. The molecule has 0 amide bonds. The van der Waals surface area contributed by atoms with E-state index in [9.17, 15) is 5.11 Å². The zero-order valence-electron chi connectivity index (χ0n) is 10.2. The lowest BCUT2D eigenvalue weighted by molar-refractivity contribution is 0.174. The number of benzene rings is 1. The molecule has 17 heavy (non-hydrogen) atoms. The molecule has 0 bridgehead atoms. The monoisotopic (exact) mass is 247 g/mol. The van der Waals surface area contributed by atoms with Gasteiger partial charge in [-0.3, -0.25) is 0 Å². The molecule has 0 aliphatic heterocycles. The van der Waals surface area contributed by atoms with E-state index in [-0.39, 0.29) is 6.10 Å². The maximum absolute atomic E-state index is 10.0. The normalized spacial score (nSPS) is 12.6. The second-order valence-electron chi connectivity index (χ2n) is 4.41. The van der Waals surface area contributed by atoms with Crippen LogP contribution in [0.25, 0.3) is 0 Å². The van der Waals surface area contributed by atoms with Crippen LogP contribution in [0.3, 0.4) is 0 Å². The van der Waals surface area contributed by atoms with Crippen molar-refractivity contribution in [2.24, 2.45) is 0 Å². The fraction of sp³-hybridized carbons (Fsp3) is 0.357. The summed E-state index contributed by atoms with van der Waals surface area (Å²) in [6, 6.07) is 8.28. The van der Waals surface area contributed by atoms with Crippen LogP contribution in [0.5, 0.6) is 0 Å². The molecule has 0 saturated heterocycles. The molecule has 2 aromatic rings. The molecular formula is C14H17NOS. The van der Waals surface area contributed by atoms with Gasteiger partial charge < -0.3 is 5.11 Å². The number of aryl methyl sites for hydroxylation is 2. The Bertz CT molecular complexity index is 492. The Morgan fingerprint density at radius 3 is 2.76 bits per heavy atom. The summed E-state index contributed by atoms with van der Waals surface area (Å²) in [6.07, 6.45) is 0.981. The van der Waals surface area contributed by atoms with Gasteiger partial charge in [0.1, 0.15) is 0 Å². The van der Waals surface area contributed by atoms with E-state index >= 15 is 0 Å². The summed E-state index contributed by atoms with van der Waals surface area (Å²) in [5.41, 5.74) is 3.41. The van der Waals surface area contributed by atoms with Crippen LogP contribution in [0.4, 0.5) is 0 Å². The summed E-state index contributed by atoms with van der Waals surface area (Å²) >= 11 is 1.63. The van der Waals surface area contributed by atoms with Gasteiger partial charge in [-0.15, -0.1) is 11.3 Å². The van der Waals surface area contributed by atoms with Gasteiger partial charge in [-0.1, -0.05) is 29.8 Å². The molecule has 0 saturated carbocycles. The molecule has 1 heterocycles. The van der Waals surface area contributed by atoms with E-state index in [4.69, 9.17) is 0 Å². The average molecular weight is 247 g/mol. The molecule has 90 valence electrons. The predicted octanol–water partition coefficient (Wildman–Crippen LogP) is 2.91. The lowest BCUT2D eigenvalue weighted by atomic mass is 10.0. The highest BCUT2D eigenvalue weighted by atomic mass is 32.1. The fourth-order valence-electron chi connectivity index (χ4n) is 1.93. The molecule has 1 N–H and O–H groups in total. The Morgan fingerprint density at radius 2 is 2.12 bits per heavy atom. The molecule has 0 fully saturated rings. The first-order chi connectivity index (χ1) is 8.13. The Morgan fingerprint density at radius 1 is 1.29 bits per heavy atom. The SMILES string of the molecule is Cc1cccc(CC(O)Cc2csc(C)n2)c1. The standard InChI is InChI=1S/C14H17NOS/c1-10-4-3-5-12(6-10)7-14(16)8-13-9-17-11(2)15-13/h3-6,9,14,16H,7-8H2,1-2H3. The van der Waals surface area contributed by atoms with Gasteiger partial charge in [0.05, 0.1) is 16.8 Å². The first-order valence-corrected chi connectivity index (χ1v) is 6.66. The molecule has 3 heteroatoms. The van der Waals surface area contributed by atoms with Gasteiger partial charge in [0.25, 0.3) is 0 Å². The van der Waals surface area contributed by atoms with E-state index in [2.05, 4.69) is 30.1 Å². The van der Waals surface area contributed by atoms with Crippen LogP contribution in [0.2, 0.25) is 0 Å². The Hall–Kier alpha value is -1.19. The molecular weight excluding hydrogens is 230 g/mol. The van der Waals surface area contributed by atoms with Gasteiger partial charge in [0.15, 0.2) is 0 Å². The Labute approximate surface area is 106 Å². The number of thiazole rings is 1. The van der Waals surface area contributed by atoms with Crippen LogP contribution in [0.15, 0.2) is 29.6 Å². The molecule has 1 unspecified atom stereocenters. The van der Waals surface area contributed by atoms with Crippen LogP contribution in [-0.2, 0) is 12.8 Å². The van der Waals surface area contributed by atoms with Crippen molar-refractivity contribution in [2.75, 3.05) is 0 Å². The maximum Gasteiger partial charge on any atom is 0.0897 e. The minimum Gasteiger partial charge on any atom is -0.392 e. The average Bonchev–Trinajstić information content (AvgIpc) is 2.63. The lowest BCUT2D eigenvalue weighted by Gasteiger charge is -2.09. The number of hydrogen-bond donors (Lipinski definition) is 1. The summed E-state index contributed by atoms with van der Waals surface area (Å²) < 4.78 is 0. The van der Waals surface area contributed by atoms with Gasteiger partial charge in [-0.2, -0.15) is 0 Å². The summed E-state index contributed by atoms with van der Waals surface area (Å²) in [5.74, 6) is 0. The molecule has 0 radical (unpaired) electrons. The number of aliphatic hydroxyl groups is 1. The molecule has 1 aromatic carbocycles. The van der Waals surface area contributed by atoms with E-state index in [1.807, 2.05) is 18.4 Å². The van der Waals surface area contributed by atoms with Crippen molar-refractivity contribution in [3.63, 3.8) is 0 Å². The summed E-state index contributed by atoms with van der Waals surface area (Å²) in [6.45, 7) is 4.06. The van der Waals surface area contributed by atoms with Gasteiger partial charge in [-0.25, -0.2) is 4.98 Å². The second kappa shape index (κ2) is 5.43. The van der Waals surface area contributed by atoms with Crippen LogP contribution >= 0.6 is 11.3 Å². The van der Waals surface area contributed by atoms with E-state index < -0.39 is 0 Å². The molecule has 1 atom stereocenters. The summed E-state index contributed by atoms with van der Waals surface area (Å²) in [5, 5.41) is 13.1. The van der Waals surface area contributed by atoms with Crippen LogP contribution in [0.1, 0.15) is 21.8 Å². The molecule has 1 aromatic heterocycles. The van der Waals surface area contributed by atoms with E-state index in [0.717, 1.165) is 10.7 Å². The lowest BCUT2D eigenvalue weighted by Crippen LogP contribution is -2.14. The summed E-state index contributed by atoms with van der Waals surface area (Å²) in [4.78, 5) is 4.37. The first kappa shape index (κ1) is 12.3. The van der Waals surface area contributed by atoms with Crippen molar-refractivity contribution in [3.05, 3.63) is 51.5 Å². The fourth-order valence-corrected chi connectivity index (χ4v) is 2.55. The van der Waals surface area contributed by atoms with Crippen molar-refractivity contribution in [1.82, 2.24) is 4.98 Å². The quantitative estimate of drug-likeness (QED) is 0.901. The number of hydrogen-bond acceptors (Lipinski definition) is 3. The third kappa shape index (κ3) is 3.65. The molecule has 0 aliphatic carbocycles. The van der Waals surface area contributed by atoms with Crippen LogP contribution in [-0.4, -0.2) is 16.2 Å². The smallest absolute Gasteiger partial charge is 0.0897 e. The number of aliphatic hydroxyl groups excluding tert-OH is 1. The van der Waals surface area contributed by atoms with E-state index in [1.54, 1.807) is 11.3 Å². The Balaban J connectivity index is 1.95. The third-order valence-corrected chi connectivity index (χ3v) is 3.49. The van der Waals surface area contributed by atoms with Gasteiger partial charge in [0.2, 0.25) is 0 Å². The van der Waals surface area contributed by atoms with Crippen molar-refractivity contribution in [2.45, 2.75) is 32.8 Å². The van der Waals surface area contributed by atoms with Crippen LogP contribution in [0, 0.1) is 13.8 Å². The summed E-state index contributed by atoms with van der Waals surface area (Å²) in [7, 11) is 0. The predicted molar refractivity (Wildman–Crippen MR) is 71.4 cm³/mol. The molecule has 2 rings (SSSR count). The van der Waals surface area contributed by atoms with Gasteiger partial charge >= 0.3 is 0 Å². The van der Waals surface area contributed by atoms with Crippen molar-refractivity contribution in [3.8, 4) is 0 Å². The maximum atomic E-state index is 10.0. The first-order valence-electron chi connectivity index (χ1n) is 5.78. The third-order valence-electron chi connectivity index (χ3n) is 2.67. The van der Waals surface area contributed by atoms with Crippen molar-refractivity contribution >= 4 is 11.3 Å². The Kier molecular flexibility index (Phi) is 3.92. The largest absolute Gasteiger partial charge is 0.392 e. The molecule has 2 nitrogen and oxygen atoms in total. The minimum absolute atomic E-state index is 0.349. The highest BCUT2D eigenvalue weighted by Crippen LogP contribution is 2.13. The topological polar surface area (TPSA) is 33.1 Å². The van der Waals surface area contributed by atoms with Gasteiger partial charge in [-0.05, 0) is 25.8 Å². The minimum atomic E-state index is -0.349.